The van der Waals surface area contributed by atoms with Crippen molar-refractivity contribution < 1.29 is 58.2 Å². The first-order chi connectivity index (χ1) is 20.3. The van der Waals surface area contributed by atoms with E-state index in [0.29, 0.717) is 12.1 Å². The predicted molar refractivity (Wildman–Crippen MR) is 138 cm³/mol. The lowest BCUT2D eigenvalue weighted by molar-refractivity contribution is -0.143. The molecule has 0 radical (unpaired) electrons. The standard InChI is InChI=1S/C30H25F10NO3/c1-15(2)22-12-23(25(43-3)13-24(22)31)21-5-4-18(28(32,33)34)8-16(21)6-7-41-14-26(44-27(41)42)17-9-19(29(35,36)37)11-20(10-17)30(38,39)40/h4-5,8-13,15,26H,6-7,14H2,1-3H3/t26-/m0/s1. The normalized spacial score (nSPS) is 16.1. The van der Waals surface area contributed by atoms with Crippen LogP contribution >= 0.6 is 0 Å². The molecule has 0 unspecified atom stereocenters. The number of hydrogen-bond donors (Lipinski definition) is 0. The molecule has 3 aromatic carbocycles. The Morgan fingerprint density at radius 2 is 1.43 bits per heavy atom. The fraction of sp³-hybridized carbons (Fsp3) is 0.367. The molecule has 1 fully saturated rings. The number of benzene rings is 3. The van der Waals surface area contributed by atoms with Gasteiger partial charge in [0.25, 0.3) is 0 Å². The quantitative estimate of drug-likeness (QED) is 0.243. The minimum absolute atomic E-state index is 0.0403. The van der Waals surface area contributed by atoms with Crippen molar-refractivity contribution in [2.24, 2.45) is 0 Å². The number of rotatable bonds is 7. The van der Waals surface area contributed by atoms with Gasteiger partial charge >= 0.3 is 24.6 Å². The number of nitrogens with zero attached hydrogens (tertiary/aromatic N) is 1. The van der Waals surface area contributed by atoms with Crippen LogP contribution in [0.3, 0.4) is 0 Å². The third-order valence-corrected chi connectivity index (χ3v) is 7.18. The summed E-state index contributed by atoms with van der Waals surface area (Å²) in [5, 5.41) is 0. The Hall–Kier alpha value is -3.97. The largest absolute Gasteiger partial charge is 0.496 e. The molecule has 3 aromatic rings. The molecule has 0 aliphatic carbocycles. The number of halogens is 10. The zero-order chi connectivity index (χ0) is 32.8. The van der Waals surface area contributed by atoms with E-state index in [2.05, 4.69) is 0 Å². The van der Waals surface area contributed by atoms with Crippen molar-refractivity contribution in [3.05, 3.63) is 87.7 Å². The first kappa shape index (κ1) is 32.9. The van der Waals surface area contributed by atoms with E-state index in [1.807, 2.05) is 0 Å². The van der Waals surface area contributed by atoms with Crippen molar-refractivity contribution in [1.29, 1.82) is 0 Å². The zero-order valence-electron chi connectivity index (χ0n) is 23.3. The van der Waals surface area contributed by atoms with Crippen molar-refractivity contribution in [3.8, 4) is 16.9 Å². The third kappa shape index (κ3) is 7.05. The van der Waals surface area contributed by atoms with Gasteiger partial charge in [-0.3, -0.25) is 0 Å². The molecule has 0 saturated carbocycles. The van der Waals surface area contributed by atoms with Crippen LogP contribution in [-0.2, 0) is 29.7 Å². The van der Waals surface area contributed by atoms with Crippen LogP contribution in [0.15, 0.2) is 48.5 Å². The van der Waals surface area contributed by atoms with Gasteiger partial charge in [0.1, 0.15) is 17.7 Å². The maximum atomic E-state index is 14.6. The summed E-state index contributed by atoms with van der Waals surface area (Å²) in [5.41, 5.74) is -3.84. The molecule has 1 amide bonds. The summed E-state index contributed by atoms with van der Waals surface area (Å²) in [6.07, 6.45) is -17.8. The summed E-state index contributed by atoms with van der Waals surface area (Å²) in [6, 6.07) is 6.29. The van der Waals surface area contributed by atoms with Crippen molar-refractivity contribution in [1.82, 2.24) is 4.90 Å². The average Bonchev–Trinajstić information content (AvgIpc) is 3.30. The highest BCUT2D eigenvalue weighted by Gasteiger charge is 2.40. The summed E-state index contributed by atoms with van der Waals surface area (Å²) in [4.78, 5) is 13.6. The van der Waals surface area contributed by atoms with Gasteiger partial charge in [-0.15, -0.1) is 0 Å². The minimum Gasteiger partial charge on any atom is -0.496 e. The second-order valence-electron chi connectivity index (χ2n) is 10.5. The monoisotopic (exact) mass is 637 g/mol. The van der Waals surface area contributed by atoms with Crippen LogP contribution in [0.5, 0.6) is 5.75 Å². The number of amides is 1. The van der Waals surface area contributed by atoms with E-state index in [1.165, 1.54) is 19.2 Å². The maximum Gasteiger partial charge on any atom is 0.416 e. The molecule has 0 spiro atoms. The highest BCUT2D eigenvalue weighted by Crippen LogP contribution is 2.41. The molecule has 1 heterocycles. The fourth-order valence-corrected chi connectivity index (χ4v) is 4.92. The number of alkyl halides is 9. The third-order valence-electron chi connectivity index (χ3n) is 7.18. The summed E-state index contributed by atoms with van der Waals surface area (Å²) in [5.74, 6) is -0.829. The molecule has 14 heteroatoms. The van der Waals surface area contributed by atoms with Crippen molar-refractivity contribution in [2.45, 2.75) is 50.8 Å². The van der Waals surface area contributed by atoms with Gasteiger partial charge in [0.05, 0.1) is 30.3 Å². The summed E-state index contributed by atoms with van der Waals surface area (Å²) in [6.45, 7) is 2.69. The Labute approximate surface area is 245 Å². The molecular formula is C30H25F10NO3. The highest BCUT2D eigenvalue weighted by atomic mass is 19.4. The Kier molecular flexibility index (Phi) is 8.87. The van der Waals surface area contributed by atoms with E-state index in [9.17, 15) is 48.7 Å². The molecule has 1 atom stereocenters. The van der Waals surface area contributed by atoms with E-state index < -0.39 is 65.3 Å². The molecule has 1 saturated heterocycles. The lowest BCUT2D eigenvalue weighted by Gasteiger charge is -2.20. The second-order valence-corrected chi connectivity index (χ2v) is 10.5. The number of carbonyl (C=O) groups is 1. The smallest absolute Gasteiger partial charge is 0.416 e. The van der Waals surface area contributed by atoms with Crippen LogP contribution < -0.4 is 4.74 Å². The van der Waals surface area contributed by atoms with Gasteiger partial charge in [-0.2, -0.15) is 39.5 Å². The van der Waals surface area contributed by atoms with E-state index in [-0.39, 0.29) is 53.0 Å². The Balaban J connectivity index is 1.68. The SMILES string of the molecule is COc1cc(F)c(C(C)C)cc1-c1ccc(C(F)(F)F)cc1CCN1C[C@@H](c2cc(C(F)(F)F)cc(C(F)(F)F)c2)OC1=O. The molecule has 0 aromatic heterocycles. The Morgan fingerprint density at radius 3 is 1.95 bits per heavy atom. The van der Waals surface area contributed by atoms with Crippen LogP contribution in [0.2, 0.25) is 0 Å². The summed E-state index contributed by atoms with van der Waals surface area (Å²) < 4.78 is 146. The van der Waals surface area contributed by atoms with Gasteiger partial charge in [0, 0.05) is 18.2 Å². The molecular weight excluding hydrogens is 612 g/mol. The van der Waals surface area contributed by atoms with E-state index in [1.54, 1.807) is 13.8 Å². The Morgan fingerprint density at radius 1 is 0.841 bits per heavy atom. The lowest BCUT2D eigenvalue weighted by Crippen LogP contribution is -2.27. The number of carbonyl (C=O) groups excluding carboxylic acids is 1. The molecule has 1 aliphatic heterocycles. The second kappa shape index (κ2) is 11.8. The van der Waals surface area contributed by atoms with Gasteiger partial charge in [-0.05, 0) is 71.0 Å². The molecule has 4 rings (SSSR count). The lowest BCUT2D eigenvalue weighted by atomic mass is 9.91. The molecule has 0 bridgehead atoms. The first-order valence-electron chi connectivity index (χ1n) is 13.1. The van der Waals surface area contributed by atoms with Gasteiger partial charge < -0.3 is 14.4 Å². The van der Waals surface area contributed by atoms with Crippen molar-refractivity contribution in [3.63, 3.8) is 0 Å². The highest BCUT2D eigenvalue weighted by molar-refractivity contribution is 5.75. The van der Waals surface area contributed by atoms with Gasteiger partial charge in [-0.1, -0.05) is 19.9 Å². The molecule has 1 aliphatic rings. The topological polar surface area (TPSA) is 38.8 Å². The fourth-order valence-electron chi connectivity index (χ4n) is 4.92. The van der Waals surface area contributed by atoms with Gasteiger partial charge in [0.2, 0.25) is 0 Å². The predicted octanol–water partition coefficient (Wildman–Crippen LogP) is 9.42. The molecule has 238 valence electrons. The summed E-state index contributed by atoms with van der Waals surface area (Å²) in [7, 11) is 1.26. The van der Waals surface area contributed by atoms with E-state index in [4.69, 9.17) is 9.47 Å². The van der Waals surface area contributed by atoms with Crippen molar-refractivity contribution >= 4 is 6.09 Å². The summed E-state index contributed by atoms with van der Waals surface area (Å²) >= 11 is 0. The van der Waals surface area contributed by atoms with Gasteiger partial charge in [-0.25, -0.2) is 9.18 Å². The van der Waals surface area contributed by atoms with E-state index in [0.717, 1.165) is 23.1 Å². The van der Waals surface area contributed by atoms with Crippen LogP contribution in [0.25, 0.3) is 11.1 Å². The molecule has 44 heavy (non-hydrogen) atoms. The van der Waals surface area contributed by atoms with Crippen molar-refractivity contribution in [2.75, 3.05) is 20.2 Å². The minimum atomic E-state index is -5.12. The van der Waals surface area contributed by atoms with Crippen LogP contribution in [0.1, 0.15) is 59.3 Å². The zero-order valence-corrected chi connectivity index (χ0v) is 23.3. The van der Waals surface area contributed by atoms with E-state index >= 15 is 0 Å². The molecule has 0 N–H and O–H groups in total. The van der Waals surface area contributed by atoms with Crippen LogP contribution in [-0.4, -0.2) is 31.2 Å². The Bertz CT molecular complexity index is 1510. The number of methoxy groups -OCH3 is 1. The van der Waals surface area contributed by atoms with Gasteiger partial charge in [0.15, 0.2) is 0 Å². The molecule has 4 nitrogen and oxygen atoms in total. The van der Waals surface area contributed by atoms with Crippen LogP contribution in [0.4, 0.5) is 48.7 Å². The number of hydrogen-bond acceptors (Lipinski definition) is 3. The number of ether oxygens (including phenoxy) is 2. The number of cyclic esters (lactones) is 1. The van der Waals surface area contributed by atoms with Crippen LogP contribution in [0, 0.1) is 5.82 Å². The average molecular weight is 638 g/mol. The maximum absolute atomic E-state index is 14.6. The first-order valence-corrected chi connectivity index (χ1v) is 13.1.